The van der Waals surface area contributed by atoms with E-state index in [1.807, 2.05) is 0 Å². The summed E-state index contributed by atoms with van der Waals surface area (Å²) in [7, 11) is 0. The molecule has 2 heterocycles. The Labute approximate surface area is 149 Å². The maximum absolute atomic E-state index is 12.7. The fraction of sp³-hybridized carbons (Fsp3) is 0.353. The molecule has 2 aromatic heterocycles. The molecule has 1 amide bonds. The lowest BCUT2D eigenvalue weighted by Crippen LogP contribution is -2.28. The molecule has 0 spiro atoms. The number of anilines is 2. The standard InChI is InChI=1S/C17H19N7O2/c1-10-19-13-6-5-12(18)7-14(13)24(10)16(25)9-23-8-15(21-22-23)20-17(26)11-3-2-4-11/h5-8,11H,2-4,9,18H2,1H3,(H,20,26). The van der Waals surface area contributed by atoms with E-state index >= 15 is 0 Å². The van der Waals surface area contributed by atoms with Crippen LogP contribution in [-0.4, -0.2) is 36.4 Å². The normalized spacial score (nSPS) is 14.3. The minimum Gasteiger partial charge on any atom is -0.399 e. The molecule has 134 valence electrons. The van der Waals surface area contributed by atoms with E-state index in [1.54, 1.807) is 31.3 Å². The first-order valence-corrected chi connectivity index (χ1v) is 8.50. The van der Waals surface area contributed by atoms with Gasteiger partial charge in [0.1, 0.15) is 12.4 Å². The second-order valence-corrected chi connectivity index (χ2v) is 6.55. The molecule has 0 radical (unpaired) electrons. The second-order valence-electron chi connectivity index (χ2n) is 6.55. The quantitative estimate of drug-likeness (QED) is 0.687. The number of rotatable bonds is 4. The minimum atomic E-state index is -0.211. The molecule has 0 unspecified atom stereocenters. The molecule has 0 saturated heterocycles. The van der Waals surface area contributed by atoms with Crippen molar-refractivity contribution in [2.45, 2.75) is 32.7 Å². The van der Waals surface area contributed by atoms with Gasteiger partial charge in [0, 0.05) is 11.6 Å². The summed E-state index contributed by atoms with van der Waals surface area (Å²) in [5, 5.41) is 10.6. The van der Waals surface area contributed by atoms with Crippen molar-refractivity contribution in [1.82, 2.24) is 24.5 Å². The van der Waals surface area contributed by atoms with Crippen LogP contribution in [0.4, 0.5) is 11.5 Å². The number of carbonyl (C=O) groups excluding carboxylic acids is 2. The Kier molecular flexibility index (Phi) is 3.90. The number of hydrogen-bond acceptors (Lipinski definition) is 6. The zero-order valence-electron chi connectivity index (χ0n) is 14.3. The fourth-order valence-electron chi connectivity index (χ4n) is 3.07. The molecule has 1 fully saturated rings. The van der Waals surface area contributed by atoms with Crippen molar-refractivity contribution < 1.29 is 9.59 Å². The highest BCUT2D eigenvalue weighted by molar-refractivity contribution is 5.93. The first-order valence-electron chi connectivity index (χ1n) is 8.50. The Bertz CT molecular complexity index is 1000. The molecule has 0 atom stereocenters. The van der Waals surface area contributed by atoms with E-state index in [2.05, 4.69) is 20.6 Å². The number of amides is 1. The number of aryl methyl sites for hydroxylation is 1. The summed E-state index contributed by atoms with van der Waals surface area (Å²) in [5.41, 5.74) is 7.75. The zero-order valence-corrected chi connectivity index (χ0v) is 14.3. The number of aromatic nitrogens is 5. The number of fused-ring (bicyclic) bond motifs is 1. The highest BCUT2D eigenvalue weighted by Crippen LogP contribution is 2.27. The van der Waals surface area contributed by atoms with Crippen LogP contribution in [0.25, 0.3) is 11.0 Å². The molecule has 3 N–H and O–H groups in total. The Balaban J connectivity index is 1.51. The highest BCUT2D eigenvalue weighted by Gasteiger charge is 2.25. The molecule has 1 aromatic carbocycles. The van der Waals surface area contributed by atoms with E-state index in [0.717, 1.165) is 19.3 Å². The van der Waals surface area contributed by atoms with Gasteiger partial charge in [-0.15, -0.1) is 5.10 Å². The Morgan fingerprint density at radius 1 is 1.35 bits per heavy atom. The third-order valence-electron chi connectivity index (χ3n) is 4.66. The van der Waals surface area contributed by atoms with Gasteiger partial charge in [0.2, 0.25) is 5.91 Å². The van der Waals surface area contributed by atoms with E-state index in [0.29, 0.717) is 28.4 Å². The van der Waals surface area contributed by atoms with Gasteiger partial charge in [-0.05, 0) is 38.0 Å². The van der Waals surface area contributed by atoms with Gasteiger partial charge in [0.05, 0.1) is 17.2 Å². The molecule has 1 aliphatic carbocycles. The first-order chi connectivity index (χ1) is 12.5. The maximum Gasteiger partial charge on any atom is 0.254 e. The summed E-state index contributed by atoms with van der Waals surface area (Å²) in [6.07, 6.45) is 4.46. The molecular weight excluding hydrogens is 334 g/mol. The van der Waals surface area contributed by atoms with Gasteiger partial charge < -0.3 is 11.1 Å². The topological polar surface area (TPSA) is 121 Å². The minimum absolute atomic E-state index is 0.0204. The van der Waals surface area contributed by atoms with Crippen LogP contribution in [0.5, 0.6) is 0 Å². The van der Waals surface area contributed by atoms with Crippen LogP contribution in [0, 0.1) is 12.8 Å². The van der Waals surface area contributed by atoms with Crippen molar-refractivity contribution >= 4 is 34.4 Å². The lowest BCUT2D eigenvalue weighted by atomic mass is 9.85. The molecule has 3 aromatic rings. The number of benzene rings is 1. The molecule has 0 bridgehead atoms. The van der Waals surface area contributed by atoms with Crippen LogP contribution in [0.3, 0.4) is 0 Å². The summed E-state index contributed by atoms with van der Waals surface area (Å²) < 4.78 is 2.91. The second kappa shape index (κ2) is 6.25. The number of carbonyl (C=O) groups is 2. The predicted octanol–water partition coefficient (Wildman–Crippen LogP) is 1.60. The molecule has 1 aliphatic rings. The molecular formula is C17H19N7O2. The summed E-state index contributed by atoms with van der Waals surface area (Å²) in [6, 6.07) is 5.25. The van der Waals surface area contributed by atoms with E-state index in [-0.39, 0.29) is 24.3 Å². The molecule has 9 nitrogen and oxygen atoms in total. The lowest BCUT2D eigenvalue weighted by molar-refractivity contribution is -0.122. The highest BCUT2D eigenvalue weighted by atomic mass is 16.2. The van der Waals surface area contributed by atoms with Crippen LogP contribution < -0.4 is 11.1 Å². The summed E-state index contributed by atoms with van der Waals surface area (Å²) in [4.78, 5) is 29.1. The SMILES string of the molecule is Cc1nc2ccc(N)cc2n1C(=O)Cn1cc(NC(=O)C2CCC2)nn1. The van der Waals surface area contributed by atoms with Gasteiger partial charge in [-0.1, -0.05) is 11.6 Å². The van der Waals surface area contributed by atoms with Gasteiger partial charge in [0.15, 0.2) is 5.82 Å². The van der Waals surface area contributed by atoms with Crippen LogP contribution in [-0.2, 0) is 11.3 Å². The van der Waals surface area contributed by atoms with Crippen LogP contribution in [0.1, 0.15) is 29.9 Å². The van der Waals surface area contributed by atoms with Gasteiger partial charge in [-0.25, -0.2) is 9.67 Å². The number of nitrogens with one attached hydrogen (secondary N) is 1. The fourth-order valence-corrected chi connectivity index (χ4v) is 3.07. The van der Waals surface area contributed by atoms with E-state index in [4.69, 9.17) is 5.73 Å². The number of nitrogen functional groups attached to an aromatic ring is 1. The van der Waals surface area contributed by atoms with E-state index in [9.17, 15) is 9.59 Å². The predicted molar refractivity (Wildman–Crippen MR) is 95.5 cm³/mol. The van der Waals surface area contributed by atoms with Gasteiger partial charge >= 0.3 is 0 Å². The van der Waals surface area contributed by atoms with Gasteiger partial charge in [-0.2, -0.15) is 0 Å². The van der Waals surface area contributed by atoms with Crippen LogP contribution >= 0.6 is 0 Å². The maximum atomic E-state index is 12.7. The Hall–Kier alpha value is -3.23. The van der Waals surface area contributed by atoms with E-state index < -0.39 is 0 Å². The first kappa shape index (κ1) is 16.2. The summed E-state index contributed by atoms with van der Waals surface area (Å²) in [5.74, 6) is 0.742. The average molecular weight is 353 g/mol. The van der Waals surface area contributed by atoms with Crippen LogP contribution in [0.2, 0.25) is 0 Å². The average Bonchev–Trinajstić information content (AvgIpc) is 3.08. The largest absolute Gasteiger partial charge is 0.399 e. The van der Waals surface area contributed by atoms with Crippen molar-refractivity contribution in [2.75, 3.05) is 11.1 Å². The summed E-state index contributed by atoms with van der Waals surface area (Å²) >= 11 is 0. The van der Waals surface area contributed by atoms with Crippen molar-refractivity contribution in [2.24, 2.45) is 5.92 Å². The van der Waals surface area contributed by atoms with Gasteiger partial charge in [-0.3, -0.25) is 14.2 Å². The molecule has 1 saturated carbocycles. The monoisotopic (exact) mass is 353 g/mol. The van der Waals surface area contributed by atoms with Gasteiger partial charge in [0.25, 0.3) is 5.91 Å². The molecule has 26 heavy (non-hydrogen) atoms. The number of nitrogens with two attached hydrogens (primary N) is 1. The van der Waals surface area contributed by atoms with Crippen LogP contribution in [0.15, 0.2) is 24.4 Å². The van der Waals surface area contributed by atoms with E-state index in [1.165, 1.54) is 9.25 Å². The summed E-state index contributed by atoms with van der Waals surface area (Å²) in [6.45, 7) is 1.74. The third-order valence-corrected chi connectivity index (χ3v) is 4.66. The molecule has 4 rings (SSSR count). The number of hydrogen-bond donors (Lipinski definition) is 2. The zero-order chi connectivity index (χ0) is 18.3. The third kappa shape index (κ3) is 2.92. The Morgan fingerprint density at radius 2 is 2.15 bits per heavy atom. The number of nitrogens with zero attached hydrogens (tertiary/aromatic N) is 5. The van der Waals surface area contributed by atoms with Crippen molar-refractivity contribution in [3.8, 4) is 0 Å². The van der Waals surface area contributed by atoms with Crippen molar-refractivity contribution in [1.29, 1.82) is 0 Å². The smallest absolute Gasteiger partial charge is 0.254 e. The lowest BCUT2D eigenvalue weighted by Gasteiger charge is -2.23. The van der Waals surface area contributed by atoms with Crippen molar-refractivity contribution in [3.05, 3.63) is 30.2 Å². The molecule has 9 heteroatoms. The molecule has 0 aliphatic heterocycles. The number of imidazole rings is 1. The Morgan fingerprint density at radius 3 is 2.88 bits per heavy atom. The van der Waals surface area contributed by atoms with Crippen molar-refractivity contribution in [3.63, 3.8) is 0 Å².